The van der Waals surface area contributed by atoms with Crippen LogP contribution in [0.5, 0.6) is 0 Å². The van der Waals surface area contributed by atoms with Gasteiger partial charge in [0.05, 0.1) is 13.2 Å². The van der Waals surface area contributed by atoms with Crippen LogP contribution in [0.1, 0.15) is 40.0 Å². The Morgan fingerprint density at radius 3 is 2.80 bits per heavy atom. The van der Waals surface area contributed by atoms with Crippen LogP contribution >= 0.6 is 0 Å². The van der Waals surface area contributed by atoms with E-state index in [0.717, 1.165) is 19.3 Å². The van der Waals surface area contributed by atoms with Gasteiger partial charge in [0, 0.05) is 18.5 Å². The first kappa shape index (κ1) is 17.2. The fraction of sp³-hybridized carbons (Fsp3) is 0.812. The van der Waals surface area contributed by atoms with Crippen molar-refractivity contribution >= 4 is 5.91 Å². The second kappa shape index (κ2) is 7.79. The standard InChI is InChI=1S/C16H30N2O2/c1-5-6-10-20-11-9-18-15(19)13-7-8-14(17)12(2)16(13,3)4/h5,12-14H,1,6-11,17H2,2-4H3,(H,18,19). The predicted molar refractivity (Wildman–Crippen MR) is 82.3 cm³/mol. The number of nitrogens with one attached hydrogen (secondary N) is 1. The summed E-state index contributed by atoms with van der Waals surface area (Å²) in [5.74, 6) is 0.544. The van der Waals surface area contributed by atoms with Gasteiger partial charge in [0.2, 0.25) is 5.91 Å². The predicted octanol–water partition coefficient (Wildman–Crippen LogP) is 2.09. The molecule has 3 N–H and O–H groups in total. The van der Waals surface area contributed by atoms with E-state index in [9.17, 15) is 4.79 Å². The number of carbonyl (C=O) groups is 1. The number of rotatable bonds is 7. The largest absolute Gasteiger partial charge is 0.379 e. The van der Waals surface area contributed by atoms with Crippen molar-refractivity contribution < 1.29 is 9.53 Å². The monoisotopic (exact) mass is 282 g/mol. The summed E-state index contributed by atoms with van der Waals surface area (Å²) in [7, 11) is 0. The Balaban J connectivity index is 2.37. The highest BCUT2D eigenvalue weighted by Crippen LogP contribution is 2.44. The van der Waals surface area contributed by atoms with Crippen LogP contribution in [0, 0.1) is 17.3 Å². The van der Waals surface area contributed by atoms with Gasteiger partial charge >= 0.3 is 0 Å². The first-order valence-corrected chi connectivity index (χ1v) is 7.63. The van der Waals surface area contributed by atoms with E-state index in [-0.39, 0.29) is 23.3 Å². The molecule has 3 unspecified atom stereocenters. The van der Waals surface area contributed by atoms with Crippen LogP contribution in [0.2, 0.25) is 0 Å². The Kier molecular flexibility index (Phi) is 6.69. The molecule has 20 heavy (non-hydrogen) atoms. The molecular formula is C16H30N2O2. The van der Waals surface area contributed by atoms with Gasteiger partial charge in [-0.3, -0.25) is 4.79 Å². The van der Waals surface area contributed by atoms with E-state index in [4.69, 9.17) is 10.5 Å². The Hall–Kier alpha value is -0.870. The van der Waals surface area contributed by atoms with E-state index < -0.39 is 0 Å². The summed E-state index contributed by atoms with van der Waals surface area (Å²) < 4.78 is 5.40. The third-order valence-electron chi connectivity index (χ3n) is 4.83. The summed E-state index contributed by atoms with van der Waals surface area (Å²) in [6.45, 7) is 11.9. The number of nitrogens with two attached hydrogens (primary N) is 1. The molecule has 0 aromatic carbocycles. The van der Waals surface area contributed by atoms with Gasteiger partial charge in [-0.05, 0) is 30.6 Å². The lowest BCUT2D eigenvalue weighted by Crippen LogP contribution is -2.51. The molecule has 4 nitrogen and oxygen atoms in total. The molecule has 1 fully saturated rings. The molecule has 1 saturated carbocycles. The van der Waals surface area contributed by atoms with Crippen molar-refractivity contribution in [1.82, 2.24) is 5.32 Å². The lowest BCUT2D eigenvalue weighted by atomic mass is 9.61. The quantitative estimate of drug-likeness (QED) is 0.555. The molecular weight excluding hydrogens is 252 g/mol. The van der Waals surface area contributed by atoms with Crippen molar-refractivity contribution in [3.8, 4) is 0 Å². The number of carbonyl (C=O) groups excluding carboxylic acids is 1. The molecule has 0 radical (unpaired) electrons. The maximum absolute atomic E-state index is 12.3. The Bertz CT molecular complexity index is 328. The lowest BCUT2D eigenvalue weighted by molar-refractivity contribution is -0.132. The molecule has 1 aliphatic carbocycles. The fourth-order valence-corrected chi connectivity index (χ4v) is 2.96. The van der Waals surface area contributed by atoms with Gasteiger partial charge in [-0.1, -0.05) is 26.8 Å². The zero-order valence-electron chi connectivity index (χ0n) is 13.2. The van der Waals surface area contributed by atoms with E-state index in [1.165, 1.54) is 0 Å². The molecule has 1 rings (SSSR count). The van der Waals surface area contributed by atoms with E-state index in [1.54, 1.807) is 0 Å². The van der Waals surface area contributed by atoms with Crippen molar-refractivity contribution in [1.29, 1.82) is 0 Å². The highest BCUT2D eigenvalue weighted by molar-refractivity contribution is 5.79. The van der Waals surface area contributed by atoms with E-state index in [1.807, 2.05) is 6.08 Å². The molecule has 1 amide bonds. The zero-order chi connectivity index (χ0) is 15.2. The molecule has 0 spiro atoms. The van der Waals surface area contributed by atoms with Crippen LogP contribution < -0.4 is 11.1 Å². The van der Waals surface area contributed by atoms with Crippen LogP contribution in [0.4, 0.5) is 0 Å². The Morgan fingerprint density at radius 2 is 2.15 bits per heavy atom. The molecule has 1 aliphatic rings. The third kappa shape index (κ3) is 4.32. The fourth-order valence-electron chi connectivity index (χ4n) is 2.96. The van der Waals surface area contributed by atoms with Crippen molar-refractivity contribution in [2.24, 2.45) is 23.0 Å². The van der Waals surface area contributed by atoms with Crippen LogP contribution in [-0.2, 0) is 9.53 Å². The van der Waals surface area contributed by atoms with Gasteiger partial charge < -0.3 is 15.8 Å². The molecule has 0 bridgehead atoms. The van der Waals surface area contributed by atoms with Gasteiger partial charge in [0.25, 0.3) is 0 Å². The average Bonchev–Trinajstić information content (AvgIpc) is 2.40. The van der Waals surface area contributed by atoms with Gasteiger partial charge in [0.15, 0.2) is 0 Å². The first-order valence-electron chi connectivity index (χ1n) is 7.63. The van der Waals surface area contributed by atoms with E-state index >= 15 is 0 Å². The molecule has 0 aliphatic heterocycles. The van der Waals surface area contributed by atoms with Gasteiger partial charge in [-0.25, -0.2) is 0 Å². The lowest BCUT2D eigenvalue weighted by Gasteiger charge is -2.46. The second-order valence-corrected chi connectivity index (χ2v) is 6.38. The molecule has 0 heterocycles. The van der Waals surface area contributed by atoms with E-state index in [2.05, 4.69) is 32.7 Å². The summed E-state index contributed by atoms with van der Waals surface area (Å²) in [4.78, 5) is 12.3. The SMILES string of the molecule is C=CCCOCCNC(=O)C1CCC(N)C(C)C1(C)C. The third-order valence-corrected chi connectivity index (χ3v) is 4.83. The maximum Gasteiger partial charge on any atom is 0.223 e. The minimum Gasteiger partial charge on any atom is -0.379 e. The molecule has 4 heteroatoms. The van der Waals surface area contributed by atoms with Crippen molar-refractivity contribution in [3.63, 3.8) is 0 Å². The number of hydrogen-bond acceptors (Lipinski definition) is 3. The summed E-state index contributed by atoms with van der Waals surface area (Å²) in [6, 6.07) is 0.205. The summed E-state index contributed by atoms with van der Waals surface area (Å²) >= 11 is 0. The van der Waals surface area contributed by atoms with Crippen LogP contribution in [-0.4, -0.2) is 31.7 Å². The smallest absolute Gasteiger partial charge is 0.223 e. The molecule has 3 atom stereocenters. The van der Waals surface area contributed by atoms with Gasteiger partial charge in [-0.2, -0.15) is 0 Å². The zero-order valence-corrected chi connectivity index (χ0v) is 13.2. The van der Waals surface area contributed by atoms with Crippen LogP contribution in [0.15, 0.2) is 12.7 Å². The summed E-state index contributed by atoms with van der Waals surface area (Å²) in [5, 5.41) is 2.99. The topological polar surface area (TPSA) is 64.3 Å². The second-order valence-electron chi connectivity index (χ2n) is 6.38. The Morgan fingerprint density at radius 1 is 1.45 bits per heavy atom. The van der Waals surface area contributed by atoms with Crippen LogP contribution in [0.3, 0.4) is 0 Å². The average molecular weight is 282 g/mol. The first-order chi connectivity index (χ1) is 9.41. The van der Waals surface area contributed by atoms with Crippen molar-refractivity contribution in [3.05, 3.63) is 12.7 Å². The van der Waals surface area contributed by atoms with Crippen molar-refractivity contribution in [2.75, 3.05) is 19.8 Å². The summed E-state index contributed by atoms with van der Waals surface area (Å²) in [5.41, 5.74) is 6.07. The van der Waals surface area contributed by atoms with Gasteiger partial charge in [0.1, 0.15) is 0 Å². The Labute approximate surface area is 123 Å². The number of amides is 1. The molecule has 0 saturated heterocycles. The van der Waals surface area contributed by atoms with E-state index in [0.29, 0.717) is 25.7 Å². The highest BCUT2D eigenvalue weighted by atomic mass is 16.5. The van der Waals surface area contributed by atoms with Gasteiger partial charge in [-0.15, -0.1) is 6.58 Å². The summed E-state index contributed by atoms with van der Waals surface area (Å²) in [6.07, 6.45) is 4.48. The molecule has 0 aromatic heterocycles. The molecule has 116 valence electrons. The highest BCUT2D eigenvalue weighted by Gasteiger charge is 2.44. The minimum atomic E-state index is -0.0502. The number of ether oxygens (including phenoxy) is 1. The minimum absolute atomic E-state index is 0.0467. The van der Waals surface area contributed by atoms with Crippen molar-refractivity contribution in [2.45, 2.75) is 46.1 Å². The maximum atomic E-state index is 12.3. The molecule has 0 aromatic rings. The van der Waals surface area contributed by atoms with Crippen LogP contribution in [0.25, 0.3) is 0 Å². The normalized spacial score (nSPS) is 28.9. The number of hydrogen-bond donors (Lipinski definition) is 2.